The summed E-state index contributed by atoms with van der Waals surface area (Å²) >= 11 is 12.9. The largest absolute Gasteiger partial charge is 0.497 e. The molecule has 6 heteroatoms. The third-order valence-electron chi connectivity index (χ3n) is 6.52. The molecule has 0 unspecified atom stereocenters. The van der Waals surface area contributed by atoms with Gasteiger partial charge in [0.2, 0.25) is 0 Å². The van der Waals surface area contributed by atoms with Crippen molar-refractivity contribution in [3.63, 3.8) is 0 Å². The van der Waals surface area contributed by atoms with E-state index in [2.05, 4.69) is 0 Å². The monoisotopic (exact) mass is 539 g/mol. The molecule has 0 aliphatic carbocycles. The van der Waals surface area contributed by atoms with Crippen molar-refractivity contribution >= 4 is 28.9 Å². The van der Waals surface area contributed by atoms with E-state index in [0.717, 1.165) is 16.7 Å². The van der Waals surface area contributed by atoms with E-state index in [1.165, 1.54) is 0 Å². The molecule has 0 atom stereocenters. The van der Waals surface area contributed by atoms with Crippen LogP contribution >= 0.6 is 23.2 Å². The Morgan fingerprint density at radius 1 is 0.684 bits per heavy atom. The molecule has 38 heavy (non-hydrogen) atoms. The smallest absolute Gasteiger partial charge is 0.286 e. The summed E-state index contributed by atoms with van der Waals surface area (Å²) in [7, 11) is 1.59. The molecule has 0 radical (unpaired) electrons. The molecule has 0 N–H and O–H groups in total. The normalized spacial score (nSPS) is 10.8. The van der Waals surface area contributed by atoms with Crippen LogP contribution < -0.4 is 4.74 Å². The van der Waals surface area contributed by atoms with E-state index in [1.807, 2.05) is 79.7 Å². The second-order valence-corrected chi connectivity index (χ2v) is 9.75. The van der Waals surface area contributed by atoms with Gasteiger partial charge in [-0.15, -0.1) is 0 Å². The van der Waals surface area contributed by atoms with Crippen molar-refractivity contribution < 1.29 is 9.66 Å². The Balaban J connectivity index is 1.97. The third-order valence-corrected chi connectivity index (χ3v) is 7.10. The molecular weight excluding hydrogens is 517 g/mol. The van der Waals surface area contributed by atoms with Crippen LogP contribution in [0.5, 0.6) is 5.75 Å². The summed E-state index contributed by atoms with van der Waals surface area (Å²) in [5.74, 6) is 0.663. The van der Waals surface area contributed by atoms with Gasteiger partial charge in [0.1, 0.15) is 5.75 Å². The first kappa shape index (κ1) is 25.5. The maximum Gasteiger partial charge on any atom is 0.286 e. The van der Waals surface area contributed by atoms with Crippen molar-refractivity contribution in [3.05, 3.63) is 129 Å². The van der Waals surface area contributed by atoms with Gasteiger partial charge < -0.3 is 4.74 Å². The predicted octanol–water partition coefficient (Wildman–Crippen LogP) is 9.89. The van der Waals surface area contributed by atoms with E-state index in [1.54, 1.807) is 37.4 Å². The van der Waals surface area contributed by atoms with Crippen molar-refractivity contribution in [2.75, 3.05) is 7.11 Å². The maximum absolute atomic E-state index is 13.0. The number of ether oxygens (including phenoxy) is 1. The summed E-state index contributed by atoms with van der Waals surface area (Å²) in [5.41, 5.74) is 6.38. The van der Waals surface area contributed by atoms with E-state index in [0.29, 0.717) is 49.2 Å². The lowest BCUT2D eigenvalue weighted by Gasteiger charge is -2.20. The van der Waals surface area contributed by atoms with Crippen LogP contribution in [0.25, 0.3) is 44.5 Å². The van der Waals surface area contributed by atoms with Crippen LogP contribution in [-0.4, -0.2) is 12.0 Å². The number of hydrogen-bond donors (Lipinski definition) is 0. The molecule has 0 bridgehead atoms. The number of aryl methyl sites for hydroxylation is 1. The van der Waals surface area contributed by atoms with Crippen LogP contribution in [0.1, 0.15) is 5.56 Å². The molecule has 0 aliphatic rings. The Labute approximate surface area is 231 Å². The Kier molecular flexibility index (Phi) is 7.19. The summed E-state index contributed by atoms with van der Waals surface area (Å²) in [4.78, 5) is 12.7. The fourth-order valence-electron chi connectivity index (χ4n) is 4.66. The number of benzene rings is 5. The Morgan fingerprint density at radius 2 is 1.24 bits per heavy atom. The Morgan fingerprint density at radius 3 is 1.82 bits per heavy atom. The van der Waals surface area contributed by atoms with Gasteiger partial charge in [0.15, 0.2) is 0 Å². The van der Waals surface area contributed by atoms with Gasteiger partial charge in [0, 0.05) is 15.6 Å². The zero-order valence-electron chi connectivity index (χ0n) is 20.7. The van der Waals surface area contributed by atoms with Crippen molar-refractivity contribution in [2.45, 2.75) is 6.92 Å². The van der Waals surface area contributed by atoms with Gasteiger partial charge in [-0.2, -0.15) is 0 Å². The Hall–Kier alpha value is -4.12. The third kappa shape index (κ3) is 4.89. The van der Waals surface area contributed by atoms with Gasteiger partial charge in [-0.05, 0) is 71.1 Å². The molecule has 0 saturated heterocycles. The molecule has 0 saturated carbocycles. The highest BCUT2D eigenvalue weighted by atomic mass is 35.5. The van der Waals surface area contributed by atoms with Gasteiger partial charge in [-0.25, -0.2) is 0 Å². The van der Waals surface area contributed by atoms with Crippen molar-refractivity contribution in [2.24, 2.45) is 0 Å². The van der Waals surface area contributed by atoms with Crippen molar-refractivity contribution in [3.8, 4) is 50.3 Å². The highest BCUT2D eigenvalue weighted by molar-refractivity contribution is 6.33. The number of nitro groups is 1. The molecule has 5 rings (SSSR count). The van der Waals surface area contributed by atoms with Crippen molar-refractivity contribution in [1.82, 2.24) is 0 Å². The zero-order valence-corrected chi connectivity index (χ0v) is 22.3. The second kappa shape index (κ2) is 10.7. The molecule has 0 aliphatic heterocycles. The number of halogens is 2. The predicted molar refractivity (Wildman–Crippen MR) is 156 cm³/mol. The number of rotatable bonds is 6. The van der Waals surface area contributed by atoms with Gasteiger partial charge in [-0.1, -0.05) is 95.5 Å². The van der Waals surface area contributed by atoms with Crippen molar-refractivity contribution in [1.29, 1.82) is 0 Å². The summed E-state index contributed by atoms with van der Waals surface area (Å²) < 4.78 is 5.34. The molecule has 4 nitrogen and oxygen atoms in total. The van der Waals surface area contributed by atoms with Crippen LogP contribution in [0.3, 0.4) is 0 Å². The topological polar surface area (TPSA) is 52.4 Å². The fraction of sp³-hybridized carbons (Fsp3) is 0.0625. The van der Waals surface area contributed by atoms with Crippen LogP contribution in [0, 0.1) is 17.0 Å². The summed E-state index contributed by atoms with van der Waals surface area (Å²) in [6, 6.07) is 31.7. The van der Waals surface area contributed by atoms with Gasteiger partial charge in [0.25, 0.3) is 5.69 Å². The highest BCUT2D eigenvalue weighted by Gasteiger charge is 2.30. The van der Waals surface area contributed by atoms with Crippen LogP contribution in [-0.2, 0) is 0 Å². The quantitative estimate of drug-likeness (QED) is 0.159. The number of nitro benzene ring substituents is 1. The molecule has 0 spiro atoms. The summed E-state index contributed by atoms with van der Waals surface area (Å²) in [5, 5.41) is 14.1. The fourth-order valence-corrected chi connectivity index (χ4v) is 5.03. The molecule has 0 aromatic heterocycles. The number of nitrogens with zero attached hydrogens (tertiary/aromatic N) is 1. The first-order valence-electron chi connectivity index (χ1n) is 11.9. The van der Waals surface area contributed by atoms with Gasteiger partial charge in [-0.3, -0.25) is 10.1 Å². The summed E-state index contributed by atoms with van der Waals surface area (Å²) in [6.45, 7) is 1.99. The lowest BCUT2D eigenvalue weighted by molar-refractivity contribution is -0.383. The minimum absolute atomic E-state index is 0.00129. The first-order valence-corrected chi connectivity index (χ1v) is 12.7. The van der Waals surface area contributed by atoms with E-state index in [4.69, 9.17) is 27.9 Å². The minimum Gasteiger partial charge on any atom is -0.497 e. The summed E-state index contributed by atoms with van der Waals surface area (Å²) in [6.07, 6.45) is 0. The van der Waals surface area contributed by atoms with E-state index in [-0.39, 0.29) is 10.6 Å². The standard InChI is InChI=1S/C32H23Cl2NO3/c1-20-7-9-22(10-8-20)31-28(26-5-3-4-6-29(26)34)19-27(21-11-15-24(33)16-12-21)30(32(31)35(36)37)23-13-17-25(38-2)18-14-23/h3-19H,1-2H3. The molecular formula is C32H23Cl2NO3. The average Bonchev–Trinajstić information content (AvgIpc) is 2.93. The molecule has 0 amide bonds. The van der Waals surface area contributed by atoms with E-state index in [9.17, 15) is 10.1 Å². The SMILES string of the molecule is COc1ccc(-c2c(-c3ccc(Cl)cc3)cc(-c3ccccc3Cl)c(-c3ccc(C)cc3)c2[N+](=O)[O-])cc1. The van der Waals surface area contributed by atoms with Gasteiger partial charge >= 0.3 is 0 Å². The van der Waals surface area contributed by atoms with E-state index >= 15 is 0 Å². The van der Waals surface area contributed by atoms with Gasteiger partial charge in [0.05, 0.1) is 23.2 Å². The minimum atomic E-state index is -0.297. The zero-order chi connectivity index (χ0) is 26.8. The number of methoxy groups -OCH3 is 1. The van der Waals surface area contributed by atoms with Crippen LogP contribution in [0.15, 0.2) is 103 Å². The number of hydrogen-bond acceptors (Lipinski definition) is 3. The molecule has 188 valence electrons. The van der Waals surface area contributed by atoms with Crippen LogP contribution in [0.2, 0.25) is 10.0 Å². The molecule has 5 aromatic rings. The maximum atomic E-state index is 13.0. The second-order valence-electron chi connectivity index (χ2n) is 8.91. The Bertz CT molecular complexity index is 1630. The molecule has 0 heterocycles. The lowest BCUT2D eigenvalue weighted by Crippen LogP contribution is -2.01. The van der Waals surface area contributed by atoms with Crippen LogP contribution in [0.4, 0.5) is 5.69 Å². The molecule has 0 fully saturated rings. The average molecular weight is 540 g/mol. The first-order chi connectivity index (χ1) is 18.4. The van der Waals surface area contributed by atoms with E-state index < -0.39 is 0 Å². The lowest BCUT2D eigenvalue weighted by atomic mass is 9.83. The molecule has 5 aromatic carbocycles. The highest BCUT2D eigenvalue weighted by Crippen LogP contribution is 2.51.